The number of rotatable bonds is 1. The van der Waals surface area contributed by atoms with Gasteiger partial charge in [-0.15, -0.1) is 0 Å². The first-order valence-corrected chi connectivity index (χ1v) is 4.23. The minimum absolute atomic E-state index is 0.330. The van der Waals surface area contributed by atoms with Crippen LogP contribution in [0.4, 0.5) is 13.2 Å². The van der Waals surface area contributed by atoms with Gasteiger partial charge in [-0.05, 0) is 6.07 Å². The van der Waals surface area contributed by atoms with E-state index in [0.717, 1.165) is 10.7 Å². The van der Waals surface area contributed by atoms with Gasteiger partial charge in [-0.25, -0.2) is 0 Å². The average molecular weight is 243 g/mol. The van der Waals surface area contributed by atoms with E-state index in [1.807, 2.05) is 0 Å². The van der Waals surface area contributed by atoms with Crippen molar-refractivity contribution in [3.8, 4) is 0 Å². The number of alkyl halides is 4. The zero-order valence-electron chi connectivity index (χ0n) is 6.19. The molecule has 0 radical (unpaired) electrons. The molecule has 0 N–H and O–H groups in total. The summed E-state index contributed by atoms with van der Waals surface area (Å²) in [4.78, 5) is 0. The highest BCUT2D eigenvalue weighted by Crippen LogP contribution is 2.29. The summed E-state index contributed by atoms with van der Waals surface area (Å²) in [7, 11) is 1.27. The third-order valence-electron chi connectivity index (χ3n) is 1.36. The Balaban J connectivity index is 3.08. The van der Waals surface area contributed by atoms with Gasteiger partial charge in [0, 0.05) is 12.4 Å². The number of aromatic nitrogens is 2. The predicted octanol–water partition coefficient (Wildman–Crippen LogP) is 2.33. The van der Waals surface area contributed by atoms with Gasteiger partial charge in [-0.2, -0.15) is 18.3 Å². The van der Waals surface area contributed by atoms with E-state index in [0.29, 0.717) is 11.0 Å². The molecule has 0 aliphatic carbocycles. The predicted molar refractivity (Wildman–Crippen MR) is 40.8 cm³/mol. The van der Waals surface area contributed by atoms with Gasteiger partial charge in [0.1, 0.15) is 5.69 Å². The van der Waals surface area contributed by atoms with Crippen LogP contribution in [0, 0.1) is 0 Å². The Kier molecular flexibility index (Phi) is 2.46. The van der Waals surface area contributed by atoms with Gasteiger partial charge in [0.15, 0.2) is 0 Å². The summed E-state index contributed by atoms with van der Waals surface area (Å²) >= 11 is 3.03. The first kappa shape index (κ1) is 9.57. The molecule has 1 rings (SSSR count). The Hall–Kier alpha value is -0.520. The summed E-state index contributed by atoms with van der Waals surface area (Å²) in [5, 5.41) is 3.98. The van der Waals surface area contributed by atoms with Crippen molar-refractivity contribution in [3.05, 3.63) is 17.5 Å². The number of nitrogens with zero attached hydrogens (tertiary/aromatic N) is 2. The molecule has 68 valence electrons. The SMILES string of the molecule is Cn1nc(CBr)cc1C(F)(F)F. The number of aryl methyl sites for hydroxylation is 1. The topological polar surface area (TPSA) is 17.8 Å². The highest BCUT2D eigenvalue weighted by Gasteiger charge is 2.34. The largest absolute Gasteiger partial charge is 0.433 e. The zero-order chi connectivity index (χ0) is 9.35. The van der Waals surface area contributed by atoms with Crippen molar-refractivity contribution in [3.63, 3.8) is 0 Å². The Morgan fingerprint density at radius 2 is 2.17 bits per heavy atom. The molecule has 1 aromatic rings. The zero-order valence-corrected chi connectivity index (χ0v) is 7.78. The fraction of sp³-hybridized carbons (Fsp3) is 0.500. The maximum atomic E-state index is 12.1. The molecule has 12 heavy (non-hydrogen) atoms. The molecule has 0 unspecified atom stereocenters. The maximum absolute atomic E-state index is 12.1. The highest BCUT2D eigenvalue weighted by molar-refractivity contribution is 9.08. The Morgan fingerprint density at radius 3 is 2.42 bits per heavy atom. The van der Waals surface area contributed by atoms with Gasteiger partial charge >= 0.3 is 6.18 Å². The number of hydrogen-bond donors (Lipinski definition) is 0. The summed E-state index contributed by atoms with van der Waals surface area (Å²) in [5.74, 6) is 0. The summed E-state index contributed by atoms with van der Waals surface area (Å²) < 4.78 is 37.2. The summed E-state index contributed by atoms with van der Waals surface area (Å²) in [5.41, 5.74) is -0.346. The van der Waals surface area contributed by atoms with Crippen LogP contribution < -0.4 is 0 Å². The standard InChI is InChI=1S/C6H6BrF3N2/c1-12-5(6(8,9)10)2-4(3-7)11-12/h2H,3H2,1H3. The lowest BCUT2D eigenvalue weighted by molar-refractivity contribution is -0.143. The van der Waals surface area contributed by atoms with Crippen molar-refractivity contribution >= 4 is 15.9 Å². The summed E-state index contributed by atoms with van der Waals surface area (Å²) in [6.45, 7) is 0. The van der Waals surface area contributed by atoms with Gasteiger partial charge in [0.2, 0.25) is 0 Å². The second kappa shape index (κ2) is 3.08. The molecule has 0 aliphatic heterocycles. The van der Waals surface area contributed by atoms with E-state index in [4.69, 9.17) is 0 Å². The Morgan fingerprint density at radius 1 is 1.58 bits per heavy atom. The normalized spacial score (nSPS) is 12.1. The van der Waals surface area contributed by atoms with Crippen molar-refractivity contribution in [2.24, 2.45) is 7.05 Å². The third-order valence-corrected chi connectivity index (χ3v) is 1.93. The van der Waals surface area contributed by atoms with E-state index in [9.17, 15) is 13.2 Å². The molecule has 0 saturated heterocycles. The third kappa shape index (κ3) is 1.80. The lowest BCUT2D eigenvalue weighted by Gasteiger charge is -2.04. The molecule has 0 saturated carbocycles. The van der Waals surface area contributed by atoms with Crippen molar-refractivity contribution < 1.29 is 13.2 Å². The lowest BCUT2D eigenvalue weighted by Crippen LogP contribution is -2.11. The minimum Gasteiger partial charge on any atom is -0.263 e. The van der Waals surface area contributed by atoms with Crippen molar-refractivity contribution in [1.82, 2.24) is 9.78 Å². The van der Waals surface area contributed by atoms with Crippen LogP contribution in [0.3, 0.4) is 0 Å². The highest BCUT2D eigenvalue weighted by atomic mass is 79.9. The minimum atomic E-state index is -4.32. The van der Waals surface area contributed by atoms with E-state index in [2.05, 4.69) is 21.0 Å². The molecule has 0 fully saturated rings. The molecule has 1 heterocycles. The second-order valence-electron chi connectivity index (χ2n) is 2.28. The molecule has 0 spiro atoms. The summed E-state index contributed by atoms with van der Waals surface area (Å²) in [6.07, 6.45) is -4.32. The molecular formula is C6H6BrF3N2. The summed E-state index contributed by atoms with van der Waals surface area (Å²) in [6, 6.07) is 1.02. The molecule has 0 atom stereocenters. The Bertz CT molecular complexity index is 279. The monoisotopic (exact) mass is 242 g/mol. The van der Waals surface area contributed by atoms with Crippen LogP contribution in [0.1, 0.15) is 11.4 Å². The van der Waals surface area contributed by atoms with Gasteiger partial charge in [-0.1, -0.05) is 15.9 Å². The fourth-order valence-corrected chi connectivity index (χ4v) is 1.13. The fourth-order valence-electron chi connectivity index (χ4n) is 0.857. The number of halogens is 4. The second-order valence-corrected chi connectivity index (χ2v) is 2.84. The van der Waals surface area contributed by atoms with Gasteiger partial charge in [0.05, 0.1) is 5.69 Å². The van der Waals surface area contributed by atoms with E-state index in [1.165, 1.54) is 7.05 Å². The smallest absolute Gasteiger partial charge is 0.263 e. The first-order chi connectivity index (χ1) is 5.45. The molecule has 1 aromatic heterocycles. The van der Waals surface area contributed by atoms with E-state index < -0.39 is 11.9 Å². The lowest BCUT2D eigenvalue weighted by atomic mass is 10.4. The van der Waals surface area contributed by atoms with E-state index >= 15 is 0 Å². The number of hydrogen-bond acceptors (Lipinski definition) is 1. The van der Waals surface area contributed by atoms with Crippen molar-refractivity contribution in [2.75, 3.05) is 0 Å². The van der Waals surface area contributed by atoms with E-state index in [-0.39, 0.29) is 0 Å². The van der Waals surface area contributed by atoms with Crippen molar-refractivity contribution in [2.45, 2.75) is 11.5 Å². The van der Waals surface area contributed by atoms with Gasteiger partial charge < -0.3 is 0 Å². The van der Waals surface area contributed by atoms with Crippen LogP contribution >= 0.6 is 15.9 Å². The molecule has 2 nitrogen and oxygen atoms in total. The van der Waals surface area contributed by atoms with Gasteiger partial charge in [-0.3, -0.25) is 4.68 Å². The van der Waals surface area contributed by atoms with Crippen LogP contribution in [0.15, 0.2) is 6.07 Å². The van der Waals surface area contributed by atoms with Crippen LogP contribution in [0.2, 0.25) is 0 Å². The van der Waals surface area contributed by atoms with Gasteiger partial charge in [0.25, 0.3) is 0 Å². The molecule has 0 bridgehead atoms. The molecule has 0 aliphatic rings. The van der Waals surface area contributed by atoms with E-state index in [1.54, 1.807) is 0 Å². The maximum Gasteiger partial charge on any atom is 0.433 e. The molecule has 0 aromatic carbocycles. The van der Waals surface area contributed by atoms with Crippen LogP contribution in [0.5, 0.6) is 0 Å². The molecule has 0 amide bonds. The molecule has 6 heteroatoms. The van der Waals surface area contributed by atoms with Crippen molar-refractivity contribution in [1.29, 1.82) is 0 Å². The van der Waals surface area contributed by atoms with Crippen LogP contribution in [-0.4, -0.2) is 9.78 Å². The average Bonchev–Trinajstić information content (AvgIpc) is 2.29. The first-order valence-electron chi connectivity index (χ1n) is 3.11. The Labute approximate surface area is 75.5 Å². The van der Waals surface area contributed by atoms with Crippen LogP contribution in [0.25, 0.3) is 0 Å². The van der Waals surface area contributed by atoms with Crippen LogP contribution in [-0.2, 0) is 18.6 Å². The molecular weight excluding hydrogens is 237 g/mol. The quantitative estimate of drug-likeness (QED) is 0.692.